The Labute approximate surface area is 117 Å². The minimum atomic E-state index is 0.269. The summed E-state index contributed by atoms with van der Waals surface area (Å²) in [6.45, 7) is 4.20. The average Bonchev–Trinajstić information content (AvgIpc) is 2.85. The van der Waals surface area contributed by atoms with E-state index in [1.54, 1.807) is 16.8 Å². The third-order valence-corrected chi connectivity index (χ3v) is 3.54. The van der Waals surface area contributed by atoms with Gasteiger partial charge in [0.25, 0.3) is 0 Å². The number of rotatable bonds is 5. The number of halogens is 1. The summed E-state index contributed by atoms with van der Waals surface area (Å²) in [4.78, 5) is 11.1. The van der Waals surface area contributed by atoms with E-state index in [-0.39, 0.29) is 5.92 Å². The maximum atomic E-state index is 11.1. The molecule has 0 N–H and O–H groups in total. The van der Waals surface area contributed by atoms with Crippen LogP contribution < -0.4 is 0 Å². The average molecular weight is 278 g/mol. The zero-order valence-electron chi connectivity index (χ0n) is 11.0. The van der Waals surface area contributed by atoms with Crippen molar-refractivity contribution in [3.05, 3.63) is 40.7 Å². The van der Waals surface area contributed by atoms with Crippen LogP contribution in [0.15, 0.2) is 24.3 Å². The molecule has 0 saturated heterocycles. The van der Waals surface area contributed by atoms with Gasteiger partial charge in [-0.25, -0.2) is 4.68 Å². The molecule has 0 amide bonds. The molecule has 4 nitrogen and oxygen atoms in total. The highest BCUT2D eigenvalue weighted by Crippen LogP contribution is 2.27. The van der Waals surface area contributed by atoms with Gasteiger partial charge in [-0.2, -0.15) is 0 Å². The molecule has 2 rings (SSSR count). The van der Waals surface area contributed by atoms with Gasteiger partial charge in [0, 0.05) is 10.9 Å². The van der Waals surface area contributed by atoms with Crippen LogP contribution in [0, 0.1) is 0 Å². The second-order valence-corrected chi connectivity index (χ2v) is 4.82. The van der Waals surface area contributed by atoms with Gasteiger partial charge in [0.05, 0.1) is 11.4 Å². The molecule has 19 heavy (non-hydrogen) atoms. The molecule has 0 spiro atoms. The quantitative estimate of drug-likeness (QED) is 0.784. The van der Waals surface area contributed by atoms with E-state index in [4.69, 9.17) is 11.6 Å². The molecular formula is C14H16ClN3O. The zero-order valence-corrected chi connectivity index (χ0v) is 11.8. The van der Waals surface area contributed by atoms with E-state index in [1.165, 1.54) is 0 Å². The smallest absolute Gasteiger partial charge is 0.172 e. The van der Waals surface area contributed by atoms with Gasteiger partial charge in [-0.1, -0.05) is 30.7 Å². The summed E-state index contributed by atoms with van der Waals surface area (Å²) in [5, 5.41) is 8.73. The van der Waals surface area contributed by atoms with E-state index >= 15 is 0 Å². The Morgan fingerprint density at radius 2 is 1.89 bits per heavy atom. The summed E-state index contributed by atoms with van der Waals surface area (Å²) in [7, 11) is 0. The van der Waals surface area contributed by atoms with Crippen molar-refractivity contribution >= 4 is 17.9 Å². The molecule has 2 aromatic rings. The van der Waals surface area contributed by atoms with Crippen molar-refractivity contribution in [3.63, 3.8) is 0 Å². The summed E-state index contributed by atoms with van der Waals surface area (Å²) in [5.74, 6) is 0.269. The number of carbonyl (C=O) groups excluding carboxylic acids is 1. The van der Waals surface area contributed by atoms with Gasteiger partial charge in [-0.05, 0) is 37.1 Å². The Bertz CT molecular complexity index is 559. The number of aromatic nitrogens is 3. The molecule has 0 radical (unpaired) electrons. The van der Waals surface area contributed by atoms with Gasteiger partial charge in [0.2, 0.25) is 0 Å². The Morgan fingerprint density at radius 3 is 2.42 bits per heavy atom. The highest BCUT2D eigenvalue weighted by Gasteiger charge is 2.20. The van der Waals surface area contributed by atoms with Gasteiger partial charge < -0.3 is 0 Å². The molecule has 0 unspecified atom stereocenters. The fraction of sp³-hybridized carbons (Fsp3) is 0.357. The van der Waals surface area contributed by atoms with Crippen molar-refractivity contribution < 1.29 is 4.79 Å². The standard InChI is InChI=1S/C14H16ClN3O/c1-3-10(4-2)14-13(9-19)16-17-18(14)12-7-5-11(15)6-8-12/h5-10H,3-4H2,1-2H3. The molecule has 0 aliphatic carbocycles. The lowest BCUT2D eigenvalue weighted by Gasteiger charge is -2.14. The summed E-state index contributed by atoms with van der Waals surface area (Å²) in [6, 6.07) is 7.35. The van der Waals surface area contributed by atoms with Crippen LogP contribution in [0.2, 0.25) is 5.02 Å². The third kappa shape index (κ3) is 2.68. The van der Waals surface area contributed by atoms with Crippen LogP contribution in [0.25, 0.3) is 5.69 Å². The number of nitrogens with zero attached hydrogens (tertiary/aromatic N) is 3. The highest BCUT2D eigenvalue weighted by atomic mass is 35.5. The van der Waals surface area contributed by atoms with Crippen molar-refractivity contribution in [2.45, 2.75) is 32.6 Å². The van der Waals surface area contributed by atoms with E-state index in [0.717, 1.165) is 30.5 Å². The first kappa shape index (κ1) is 13.7. The van der Waals surface area contributed by atoms with Crippen LogP contribution in [-0.2, 0) is 0 Å². The summed E-state index contributed by atoms with van der Waals surface area (Å²) in [5.41, 5.74) is 2.16. The van der Waals surface area contributed by atoms with Gasteiger partial charge in [0.1, 0.15) is 5.69 Å². The van der Waals surface area contributed by atoms with Gasteiger partial charge >= 0.3 is 0 Å². The van der Waals surface area contributed by atoms with E-state index < -0.39 is 0 Å². The number of carbonyl (C=O) groups is 1. The molecule has 0 atom stereocenters. The lowest BCUT2D eigenvalue weighted by molar-refractivity contribution is 0.111. The van der Waals surface area contributed by atoms with Crippen LogP contribution in [0.5, 0.6) is 0 Å². The fourth-order valence-electron chi connectivity index (χ4n) is 2.22. The minimum absolute atomic E-state index is 0.269. The third-order valence-electron chi connectivity index (χ3n) is 3.29. The first-order valence-electron chi connectivity index (χ1n) is 6.37. The molecule has 0 bridgehead atoms. The van der Waals surface area contributed by atoms with Gasteiger partial charge in [-0.15, -0.1) is 5.10 Å². The number of aldehydes is 1. The number of hydrogen-bond donors (Lipinski definition) is 0. The molecule has 0 fully saturated rings. The van der Waals surface area contributed by atoms with Crippen molar-refractivity contribution in [3.8, 4) is 5.69 Å². The van der Waals surface area contributed by atoms with E-state index in [2.05, 4.69) is 24.2 Å². The van der Waals surface area contributed by atoms with Crippen LogP contribution in [-0.4, -0.2) is 21.3 Å². The SMILES string of the molecule is CCC(CC)c1c(C=O)nnn1-c1ccc(Cl)cc1. The second kappa shape index (κ2) is 5.97. The van der Waals surface area contributed by atoms with Crippen molar-refractivity contribution in [1.29, 1.82) is 0 Å². The molecule has 1 aromatic heterocycles. The molecule has 0 aliphatic rings. The van der Waals surface area contributed by atoms with Crippen molar-refractivity contribution in [2.75, 3.05) is 0 Å². The number of benzene rings is 1. The van der Waals surface area contributed by atoms with Crippen LogP contribution in [0.1, 0.15) is 48.8 Å². The van der Waals surface area contributed by atoms with Crippen LogP contribution >= 0.6 is 11.6 Å². The molecule has 5 heteroatoms. The second-order valence-electron chi connectivity index (χ2n) is 4.38. The first-order valence-corrected chi connectivity index (χ1v) is 6.75. The molecule has 100 valence electrons. The van der Waals surface area contributed by atoms with Gasteiger partial charge in [-0.3, -0.25) is 4.79 Å². The predicted molar refractivity (Wildman–Crippen MR) is 75.1 cm³/mol. The molecule has 1 aromatic carbocycles. The van der Waals surface area contributed by atoms with Crippen LogP contribution in [0.4, 0.5) is 0 Å². The monoisotopic (exact) mass is 277 g/mol. The normalized spacial score (nSPS) is 10.9. The van der Waals surface area contributed by atoms with Crippen molar-refractivity contribution in [2.24, 2.45) is 0 Å². The Hall–Kier alpha value is -1.68. The largest absolute Gasteiger partial charge is 0.296 e. The summed E-state index contributed by atoms with van der Waals surface area (Å²) in [6.07, 6.45) is 2.66. The molecule has 0 saturated carbocycles. The first-order chi connectivity index (χ1) is 9.21. The van der Waals surface area contributed by atoms with Crippen LogP contribution in [0.3, 0.4) is 0 Å². The predicted octanol–water partition coefficient (Wildman–Crippen LogP) is 3.64. The van der Waals surface area contributed by atoms with Gasteiger partial charge in [0.15, 0.2) is 6.29 Å². The topological polar surface area (TPSA) is 47.8 Å². The minimum Gasteiger partial charge on any atom is -0.296 e. The Balaban J connectivity index is 2.54. The lowest BCUT2D eigenvalue weighted by atomic mass is 9.97. The lowest BCUT2D eigenvalue weighted by Crippen LogP contribution is -2.08. The fourth-order valence-corrected chi connectivity index (χ4v) is 2.34. The summed E-state index contributed by atoms with van der Waals surface area (Å²) < 4.78 is 1.73. The Morgan fingerprint density at radius 1 is 1.26 bits per heavy atom. The van der Waals surface area contributed by atoms with E-state index in [0.29, 0.717) is 10.7 Å². The zero-order chi connectivity index (χ0) is 13.8. The van der Waals surface area contributed by atoms with E-state index in [1.807, 2.05) is 12.1 Å². The van der Waals surface area contributed by atoms with Crippen molar-refractivity contribution in [1.82, 2.24) is 15.0 Å². The van der Waals surface area contributed by atoms with E-state index in [9.17, 15) is 4.79 Å². The highest BCUT2D eigenvalue weighted by molar-refractivity contribution is 6.30. The number of hydrogen-bond acceptors (Lipinski definition) is 3. The maximum Gasteiger partial charge on any atom is 0.172 e. The Kier molecular flexibility index (Phi) is 4.32. The molecular weight excluding hydrogens is 262 g/mol. The molecule has 0 aliphatic heterocycles. The molecule has 1 heterocycles. The maximum absolute atomic E-state index is 11.1. The summed E-state index contributed by atoms with van der Waals surface area (Å²) >= 11 is 5.89.